The zero-order valence-electron chi connectivity index (χ0n) is 12.7. The third-order valence-electron chi connectivity index (χ3n) is 2.98. The van der Waals surface area contributed by atoms with Crippen molar-refractivity contribution in [3.63, 3.8) is 0 Å². The van der Waals surface area contributed by atoms with E-state index in [9.17, 15) is 22.8 Å². The third-order valence-corrected chi connectivity index (χ3v) is 2.98. The lowest BCUT2D eigenvalue weighted by atomic mass is 10.1. The Morgan fingerprint density at radius 1 is 1.13 bits per heavy atom. The number of benzene rings is 1. The van der Waals surface area contributed by atoms with Gasteiger partial charge in [0.15, 0.2) is 0 Å². The van der Waals surface area contributed by atoms with Crippen LogP contribution in [0.25, 0.3) is 0 Å². The van der Waals surface area contributed by atoms with Gasteiger partial charge < -0.3 is 16.0 Å². The molecule has 0 aromatic heterocycles. The van der Waals surface area contributed by atoms with Gasteiger partial charge in [-0.05, 0) is 25.3 Å². The molecule has 0 bridgehead atoms. The number of halogens is 3. The van der Waals surface area contributed by atoms with Gasteiger partial charge in [-0.2, -0.15) is 13.2 Å². The molecule has 23 heavy (non-hydrogen) atoms. The highest BCUT2D eigenvalue weighted by Crippen LogP contribution is 2.11. The quantitative estimate of drug-likeness (QED) is 0.715. The van der Waals surface area contributed by atoms with E-state index in [1.54, 1.807) is 5.32 Å². The fourth-order valence-corrected chi connectivity index (χ4v) is 1.80. The van der Waals surface area contributed by atoms with E-state index in [-0.39, 0.29) is 6.04 Å². The Morgan fingerprint density at radius 3 is 2.39 bits per heavy atom. The van der Waals surface area contributed by atoms with E-state index in [1.807, 2.05) is 37.3 Å². The van der Waals surface area contributed by atoms with Gasteiger partial charge in [0.25, 0.3) is 0 Å². The summed E-state index contributed by atoms with van der Waals surface area (Å²) in [6, 6.07) is 9.03. The molecule has 0 fully saturated rings. The van der Waals surface area contributed by atoms with E-state index in [2.05, 4.69) is 10.6 Å². The number of amides is 3. The molecular formula is C15H20F3N3O2. The molecule has 0 saturated heterocycles. The number of aryl methyl sites for hydroxylation is 1. The Kier molecular flexibility index (Phi) is 7.37. The van der Waals surface area contributed by atoms with Crippen LogP contribution in [0.4, 0.5) is 18.0 Å². The summed E-state index contributed by atoms with van der Waals surface area (Å²) < 4.78 is 35.7. The lowest BCUT2D eigenvalue weighted by molar-refractivity contribution is -0.137. The molecule has 0 radical (unpaired) electrons. The second-order valence-corrected chi connectivity index (χ2v) is 5.14. The Bertz CT molecular complexity index is 506. The highest BCUT2D eigenvalue weighted by molar-refractivity contribution is 5.83. The monoisotopic (exact) mass is 331 g/mol. The first-order chi connectivity index (χ1) is 10.8. The summed E-state index contributed by atoms with van der Waals surface area (Å²) in [6.45, 7) is -0.109. The van der Waals surface area contributed by atoms with Crippen LogP contribution in [-0.2, 0) is 11.2 Å². The maximum Gasteiger partial charge on any atom is 0.405 e. The second kappa shape index (κ2) is 9.02. The molecule has 8 heteroatoms. The molecule has 0 aliphatic carbocycles. The molecule has 1 aromatic carbocycles. The Balaban J connectivity index is 2.19. The van der Waals surface area contributed by atoms with E-state index in [1.165, 1.54) is 0 Å². The molecule has 128 valence electrons. The van der Waals surface area contributed by atoms with Crippen molar-refractivity contribution in [3.8, 4) is 0 Å². The number of hydrogen-bond acceptors (Lipinski definition) is 2. The molecule has 3 amide bonds. The maximum absolute atomic E-state index is 11.9. The predicted octanol–water partition coefficient (Wildman–Crippen LogP) is 1.99. The first-order valence-electron chi connectivity index (χ1n) is 7.18. The van der Waals surface area contributed by atoms with Gasteiger partial charge in [-0.1, -0.05) is 30.3 Å². The molecule has 0 spiro atoms. The zero-order valence-corrected chi connectivity index (χ0v) is 12.7. The topological polar surface area (TPSA) is 70.2 Å². The molecule has 5 nitrogen and oxygen atoms in total. The molecule has 1 rings (SSSR count). The summed E-state index contributed by atoms with van der Waals surface area (Å²) in [4.78, 5) is 22.7. The van der Waals surface area contributed by atoms with Crippen LogP contribution in [0.2, 0.25) is 0 Å². The molecule has 1 aromatic rings. The SMILES string of the molecule is CC(CCc1ccccc1)NC(=O)NCC(=O)NCC(F)(F)F. The van der Waals surface area contributed by atoms with Crippen LogP contribution in [0.1, 0.15) is 18.9 Å². The Morgan fingerprint density at radius 2 is 1.78 bits per heavy atom. The van der Waals surface area contributed by atoms with Crippen LogP contribution in [0.5, 0.6) is 0 Å². The molecule has 1 atom stereocenters. The van der Waals surface area contributed by atoms with Crippen molar-refractivity contribution in [2.45, 2.75) is 32.0 Å². The molecule has 3 N–H and O–H groups in total. The van der Waals surface area contributed by atoms with Crippen molar-refractivity contribution in [1.82, 2.24) is 16.0 Å². The van der Waals surface area contributed by atoms with Gasteiger partial charge in [0.2, 0.25) is 5.91 Å². The lowest BCUT2D eigenvalue weighted by Gasteiger charge is -2.15. The lowest BCUT2D eigenvalue weighted by Crippen LogP contribution is -2.46. The summed E-state index contributed by atoms with van der Waals surface area (Å²) in [5.74, 6) is -0.894. The number of nitrogens with one attached hydrogen (secondary N) is 3. The van der Waals surface area contributed by atoms with Crippen LogP contribution in [0.3, 0.4) is 0 Å². The zero-order chi connectivity index (χ0) is 17.3. The first kappa shape index (κ1) is 18.8. The van der Waals surface area contributed by atoms with Gasteiger partial charge in [0.1, 0.15) is 6.54 Å². The average molecular weight is 331 g/mol. The molecular weight excluding hydrogens is 311 g/mol. The van der Waals surface area contributed by atoms with Crippen molar-refractivity contribution >= 4 is 11.9 Å². The fraction of sp³-hybridized carbons (Fsp3) is 0.467. The number of rotatable bonds is 7. The minimum Gasteiger partial charge on any atom is -0.345 e. The van der Waals surface area contributed by atoms with Crippen LogP contribution < -0.4 is 16.0 Å². The van der Waals surface area contributed by atoms with Crippen LogP contribution in [0.15, 0.2) is 30.3 Å². The largest absolute Gasteiger partial charge is 0.405 e. The standard InChI is InChI=1S/C15H20F3N3O2/c1-11(7-8-12-5-3-2-4-6-12)21-14(23)19-9-13(22)20-10-15(16,17)18/h2-6,11H,7-10H2,1H3,(H,20,22)(H2,19,21,23). The number of alkyl halides is 3. The summed E-state index contributed by atoms with van der Waals surface area (Å²) in [5.41, 5.74) is 1.15. The highest BCUT2D eigenvalue weighted by atomic mass is 19.4. The fourth-order valence-electron chi connectivity index (χ4n) is 1.80. The van der Waals surface area contributed by atoms with Gasteiger partial charge in [-0.3, -0.25) is 4.79 Å². The smallest absolute Gasteiger partial charge is 0.345 e. The average Bonchev–Trinajstić information content (AvgIpc) is 2.49. The molecule has 0 saturated carbocycles. The molecule has 1 unspecified atom stereocenters. The van der Waals surface area contributed by atoms with Gasteiger partial charge in [-0.15, -0.1) is 0 Å². The molecule has 0 aliphatic heterocycles. The van der Waals surface area contributed by atoms with Crippen molar-refractivity contribution in [3.05, 3.63) is 35.9 Å². The second-order valence-electron chi connectivity index (χ2n) is 5.14. The van der Waals surface area contributed by atoms with Crippen molar-refractivity contribution in [2.75, 3.05) is 13.1 Å². The minimum absolute atomic E-state index is 0.131. The highest BCUT2D eigenvalue weighted by Gasteiger charge is 2.27. The Labute approximate surface area is 132 Å². The van der Waals surface area contributed by atoms with Gasteiger partial charge in [0, 0.05) is 6.04 Å². The predicted molar refractivity (Wildman–Crippen MR) is 79.8 cm³/mol. The van der Waals surface area contributed by atoms with E-state index in [0.717, 1.165) is 12.0 Å². The summed E-state index contributed by atoms with van der Waals surface area (Å²) >= 11 is 0. The minimum atomic E-state index is -4.47. The number of carbonyl (C=O) groups excluding carboxylic acids is 2. The van der Waals surface area contributed by atoms with Gasteiger partial charge >= 0.3 is 12.2 Å². The third kappa shape index (κ3) is 9.38. The van der Waals surface area contributed by atoms with Crippen molar-refractivity contribution in [2.24, 2.45) is 0 Å². The Hall–Kier alpha value is -2.25. The summed E-state index contributed by atoms with van der Waals surface area (Å²) in [5, 5.41) is 6.52. The van der Waals surface area contributed by atoms with Crippen LogP contribution in [-0.4, -0.2) is 37.2 Å². The molecule has 0 aliphatic rings. The normalized spacial score (nSPS) is 12.3. The van der Waals surface area contributed by atoms with Gasteiger partial charge in [0.05, 0.1) is 6.54 Å². The van der Waals surface area contributed by atoms with Crippen molar-refractivity contribution < 1.29 is 22.8 Å². The van der Waals surface area contributed by atoms with Crippen LogP contribution in [0, 0.1) is 0 Å². The number of carbonyl (C=O) groups is 2. The first-order valence-corrected chi connectivity index (χ1v) is 7.18. The van der Waals surface area contributed by atoms with E-state index in [4.69, 9.17) is 0 Å². The van der Waals surface area contributed by atoms with E-state index in [0.29, 0.717) is 6.42 Å². The maximum atomic E-state index is 11.9. The van der Waals surface area contributed by atoms with Crippen LogP contribution >= 0.6 is 0 Å². The number of urea groups is 1. The summed E-state index contributed by atoms with van der Waals surface area (Å²) in [6.07, 6.45) is -2.98. The van der Waals surface area contributed by atoms with Crippen molar-refractivity contribution in [1.29, 1.82) is 0 Å². The van der Waals surface area contributed by atoms with E-state index >= 15 is 0 Å². The van der Waals surface area contributed by atoms with Gasteiger partial charge in [-0.25, -0.2) is 4.79 Å². The van der Waals surface area contributed by atoms with E-state index < -0.39 is 31.2 Å². The molecule has 0 heterocycles. The number of hydrogen-bond donors (Lipinski definition) is 3. The summed E-state index contributed by atoms with van der Waals surface area (Å²) in [7, 11) is 0.